The number of aromatic nitrogens is 3. The fourth-order valence-electron chi connectivity index (χ4n) is 2.03. The first-order valence-corrected chi connectivity index (χ1v) is 9.70. The van der Waals surface area contributed by atoms with Gasteiger partial charge in [-0.05, 0) is 32.0 Å². The average Bonchev–Trinajstić information content (AvgIpc) is 3.19. The van der Waals surface area contributed by atoms with Crippen molar-refractivity contribution in [2.45, 2.75) is 30.7 Å². The van der Waals surface area contributed by atoms with Crippen molar-refractivity contribution in [3.05, 3.63) is 51.0 Å². The van der Waals surface area contributed by atoms with Crippen molar-refractivity contribution in [3.8, 4) is 0 Å². The Balaban J connectivity index is 1.58. The molecular weight excluding hydrogens is 399 g/mol. The van der Waals surface area contributed by atoms with Crippen LogP contribution in [0.4, 0.5) is 10.1 Å². The van der Waals surface area contributed by atoms with Gasteiger partial charge < -0.3 is 9.73 Å². The molecule has 0 aliphatic carbocycles. The molecule has 0 aliphatic rings. The highest BCUT2D eigenvalue weighted by atomic mass is 35.5. The number of nitrogens with zero attached hydrogens (tertiary/aromatic N) is 3. The van der Waals surface area contributed by atoms with Crippen LogP contribution in [-0.2, 0) is 11.2 Å². The Kier molecular flexibility index (Phi) is 5.90. The van der Waals surface area contributed by atoms with E-state index < -0.39 is 11.1 Å². The molecule has 0 aliphatic heterocycles. The van der Waals surface area contributed by atoms with Gasteiger partial charge in [0, 0.05) is 10.4 Å². The lowest BCUT2D eigenvalue weighted by Gasteiger charge is -2.10. The molecule has 2 heterocycles. The second-order valence-electron chi connectivity index (χ2n) is 5.37. The maximum atomic E-state index is 13.8. The van der Waals surface area contributed by atoms with Gasteiger partial charge in [0.2, 0.25) is 11.8 Å². The molecule has 0 bridgehead atoms. The van der Waals surface area contributed by atoms with E-state index in [1.165, 1.54) is 12.1 Å². The zero-order valence-electron chi connectivity index (χ0n) is 13.8. The van der Waals surface area contributed by atoms with Gasteiger partial charge in [-0.15, -0.1) is 21.5 Å². The lowest BCUT2D eigenvalue weighted by molar-refractivity contribution is -0.115. The van der Waals surface area contributed by atoms with Gasteiger partial charge in [-0.1, -0.05) is 23.4 Å². The van der Waals surface area contributed by atoms with E-state index in [-0.39, 0.29) is 21.8 Å². The zero-order chi connectivity index (χ0) is 18.7. The van der Waals surface area contributed by atoms with Crippen molar-refractivity contribution in [2.24, 2.45) is 0 Å². The summed E-state index contributed by atoms with van der Waals surface area (Å²) in [4.78, 5) is 16.6. The number of rotatable bonds is 6. The molecule has 3 rings (SSSR count). The van der Waals surface area contributed by atoms with Gasteiger partial charge in [-0.25, -0.2) is 9.37 Å². The van der Waals surface area contributed by atoms with Crippen LogP contribution in [0.1, 0.15) is 23.5 Å². The number of carbonyl (C=O) groups excluding carboxylic acids is 1. The van der Waals surface area contributed by atoms with Crippen LogP contribution in [0.2, 0.25) is 5.02 Å². The summed E-state index contributed by atoms with van der Waals surface area (Å²) in [6.07, 6.45) is 0.439. The molecule has 0 spiro atoms. The van der Waals surface area contributed by atoms with Gasteiger partial charge in [0.15, 0.2) is 0 Å². The number of aryl methyl sites for hydroxylation is 1. The van der Waals surface area contributed by atoms with Gasteiger partial charge in [0.25, 0.3) is 5.22 Å². The van der Waals surface area contributed by atoms with E-state index in [0.29, 0.717) is 12.3 Å². The topological polar surface area (TPSA) is 80.9 Å². The smallest absolute Gasteiger partial charge is 0.277 e. The number of benzene rings is 1. The molecule has 0 saturated carbocycles. The number of carbonyl (C=O) groups is 1. The Hall–Kier alpha value is -1.97. The Morgan fingerprint density at radius 3 is 2.96 bits per heavy atom. The second kappa shape index (κ2) is 8.15. The third-order valence-electron chi connectivity index (χ3n) is 3.28. The van der Waals surface area contributed by atoms with E-state index in [0.717, 1.165) is 28.5 Å². The van der Waals surface area contributed by atoms with Crippen molar-refractivity contribution < 1.29 is 13.6 Å². The molecule has 0 radical (unpaired) electrons. The minimum atomic E-state index is -0.596. The molecule has 136 valence electrons. The first kappa shape index (κ1) is 18.8. The molecular formula is C16H14ClFN4O2S2. The fourth-order valence-corrected chi connectivity index (χ4v) is 3.50. The molecule has 1 N–H and O–H groups in total. The maximum Gasteiger partial charge on any atom is 0.277 e. The number of nitrogens with one attached hydrogen (secondary N) is 1. The van der Waals surface area contributed by atoms with Crippen LogP contribution >= 0.6 is 34.7 Å². The van der Waals surface area contributed by atoms with E-state index in [9.17, 15) is 9.18 Å². The van der Waals surface area contributed by atoms with E-state index in [4.69, 9.17) is 16.0 Å². The number of thiazole rings is 1. The normalized spacial score (nSPS) is 12.2. The molecule has 0 saturated heterocycles. The lowest BCUT2D eigenvalue weighted by Crippen LogP contribution is -2.23. The minimum absolute atomic E-state index is 0.0666. The molecule has 1 atom stereocenters. The second-order valence-corrected chi connectivity index (χ2v) is 8.16. The summed E-state index contributed by atoms with van der Waals surface area (Å²) in [6.45, 7) is 3.59. The molecule has 1 amide bonds. The third-order valence-corrected chi connectivity index (χ3v) is 5.27. The molecule has 1 aromatic carbocycles. The summed E-state index contributed by atoms with van der Waals surface area (Å²) in [7, 11) is 0. The Bertz CT molecular complexity index is 931. The monoisotopic (exact) mass is 412 g/mol. The van der Waals surface area contributed by atoms with Crippen molar-refractivity contribution in [2.75, 3.05) is 5.32 Å². The molecule has 3 aromatic rings. The number of halogens is 2. The molecule has 2 aromatic heterocycles. The number of hydrogen-bond donors (Lipinski definition) is 1. The van der Waals surface area contributed by atoms with Gasteiger partial charge in [0.1, 0.15) is 5.82 Å². The van der Waals surface area contributed by atoms with E-state index in [1.54, 1.807) is 18.3 Å². The Labute approximate surface area is 162 Å². The first-order valence-electron chi connectivity index (χ1n) is 7.56. The third kappa shape index (κ3) is 4.80. The highest BCUT2D eigenvalue weighted by molar-refractivity contribution is 8.00. The number of anilines is 1. The van der Waals surface area contributed by atoms with Crippen LogP contribution in [-0.4, -0.2) is 26.3 Å². The molecule has 0 fully saturated rings. The van der Waals surface area contributed by atoms with E-state index >= 15 is 0 Å². The minimum Gasteiger partial charge on any atom is -0.416 e. The zero-order valence-corrected chi connectivity index (χ0v) is 16.2. The predicted molar refractivity (Wildman–Crippen MR) is 99.3 cm³/mol. The van der Waals surface area contributed by atoms with Crippen LogP contribution in [0, 0.1) is 12.7 Å². The van der Waals surface area contributed by atoms with Crippen LogP contribution in [0.5, 0.6) is 0 Å². The Morgan fingerprint density at radius 1 is 1.46 bits per heavy atom. The first-order chi connectivity index (χ1) is 12.4. The number of thioether (sulfide) groups is 1. The van der Waals surface area contributed by atoms with E-state index in [1.807, 2.05) is 12.3 Å². The number of amides is 1. The quantitative estimate of drug-likeness (QED) is 0.606. The summed E-state index contributed by atoms with van der Waals surface area (Å²) in [5, 5.41) is 13.3. The summed E-state index contributed by atoms with van der Waals surface area (Å²) in [5.41, 5.74) is 0.925. The van der Waals surface area contributed by atoms with Crippen LogP contribution in [0.25, 0.3) is 0 Å². The van der Waals surface area contributed by atoms with Crippen molar-refractivity contribution in [1.29, 1.82) is 0 Å². The van der Waals surface area contributed by atoms with Crippen LogP contribution in [0.3, 0.4) is 0 Å². The number of hydrogen-bond acceptors (Lipinski definition) is 7. The van der Waals surface area contributed by atoms with Crippen LogP contribution in [0.15, 0.2) is 33.2 Å². The Morgan fingerprint density at radius 2 is 2.27 bits per heavy atom. The van der Waals surface area contributed by atoms with E-state index in [2.05, 4.69) is 20.5 Å². The van der Waals surface area contributed by atoms with Gasteiger partial charge in [-0.3, -0.25) is 4.79 Å². The lowest BCUT2D eigenvalue weighted by atomic mass is 10.3. The van der Waals surface area contributed by atoms with Gasteiger partial charge in [0.05, 0.1) is 28.1 Å². The molecule has 10 heteroatoms. The summed E-state index contributed by atoms with van der Waals surface area (Å²) >= 11 is 8.34. The van der Waals surface area contributed by atoms with Gasteiger partial charge >= 0.3 is 0 Å². The largest absolute Gasteiger partial charge is 0.416 e. The average molecular weight is 413 g/mol. The SMILES string of the molecule is Cc1nc(Cc2nnc(S[C@@H](C)C(=O)Nc3ccc(Cl)cc3F)o2)cs1. The molecule has 26 heavy (non-hydrogen) atoms. The van der Waals surface area contributed by atoms with Crippen LogP contribution < -0.4 is 5.32 Å². The summed E-state index contributed by atoms with van der Waals surface area (Å²) in [6, 6.07) is 4.05. The molecule has 6 nitrogen and oxygen atoms in total. The van der Waals surface area contributed by atoms with Crippen molar-refractivity contribution >= 4 is 46.3 Å². The highest BCUT2D eigenvalue weighted by Gasteiger charge is 2.20. The fraction of sp³-hybridized carbons (Fsp3) is 0.250. The van der Waals surface area contributed by atoms with Crippen molar-refractivity contribution in [3.63, 3.8) is 0 Å². The highest BCUT2D eigenvalue weighted by Crippen LogP contribution is 2.25. The predicted octanol–water partition coefficient (Wildman–Crippen LogP) is 4.34. The summed E-state index contributed by atoms with van der Waals surface area (Å²) < 4.78 is 19.3. The molecule has 0 unspecified atom stereocenters. The summed E-state index contributed by atoms with van der Waals surface area (Å²) in [5.74, 6) is -0.554. The standard InChI is InChI=1S/C16H14ClFN4O2S2/c1-8(15(23)20-13-4-3-10(17)5-12(13)18)26-16-22-21-14(24-16)6-11-7-25-9(2)19-11/h3-5,7-8H,6H2,1-2H3,(H,20,23)/t8-/m0/s1. The van der Waals surface area contributed by atoms with Crippen molar-refractivity contribution in [1.82, 2.24) is 15.2 Å². The van der Waals surface area contributed by atoms with Gasteiger partial charge in [-0.2, -0.15) is 0 Å². The maximum absolute atomic E-state index is 13.8.